The van der Waals surface area contributed by atoms with Crippen LogP contribution in [-0.2, 0) is 4.74 Å². The molecule has 1 aliphatic rings. The number of aldehydes is 1. The summed E-state index contributed by atoms with van der Waals surface area (Å²) >= 11 is 0. The quantitative estimate of drug-likeness (QED) is 0.535. The van der Waals surface area contributed by atoms with Gasteiger partial charge in [-0.1, -0.05) is 0 Å². The average molecular weight is 233 g/mol. The highest BCUT2D eigenvalue weighted by atomic mass is 16.5. The molecule has 3 nitrogen and oxygen atoms in total. The molecule has 0 atom stereocenters. The lowest BCUT2D eigenvalue weighted by Gasteiger charge is -2.19. The summed E-state index contributed by atoms with van der Waals surface area (Å²) in [7, 11) is 2.04. The van der Waals surface area contributed by atoms with E-state index in [0.29, 0.717) is 5.56 Å². The molecular formula is C14H19NO2. The van der Waals surface area contributed by atoms with Gasteiger partial charge in [-0.15, -0.1) is 0 Å². The topological polar surface area (TPSA) is 29.5 Å². The Kier molecular flexibility index (Phi) is 4.15. The smallest absolute Gasteiger partial charge is 0.150 e. The predicted molar refractivity (Wildman–Crippen MR) is 68.6 cm³/mol. The molecule has 0 unspecified atom stereocenters. The Morgan fingerprint density at radius 1 is 1.35 bits per heavy atom. The molecule has 0 aliphatic heterocycles. The number of carbonyl (C=O) groups is 1. The fraction of sp³-hybridized carbons (Fsp3) is 0.500. The molecule has 92 valence electrons. The van der Waals surface area contributed by atoms with Crippen LogP contribution in [-0.4, -0.2) is 33.1 Å². The molecule has 0 radical (unpaired) electrons. The van der Waals surface area contributed by atoms with Crippen molar-refractivity contribution in [1.82, 2.24) is 0 Å². The molecule has 0 saturated heterocycles. The van der Waals surface area contributed by atoms with Crippen molar-refractivity contribution in [3.63, 3.8) is 0 Å². The van der Waals surface area contributed by atoms with Gasteiger partial charge < -0.3 is 9.64 Å². The minimum atomic E-state index is 0.715. The molecule has 0 spiro atoms. The number of hydrogen-bond acceptors (Lipinski definition) is 3. The van der Waals surface area contributed by atoms with Crippen LogP contribution in [0.2, 0.25) is 0 Å². The monoisotopic (exact) mass is 233 g/mol. The normalized spacial score (nSPS) is 14.6. The lowest BCUT2D eigenvalue weighted by Crippen LogP contribution is -2.22. The Morgan fingerprint density at radius 3 is 2.65 bits per heavy atom. The lowest BCUT2D eigenvalue weighted by atomic mass is 10.2. The van der Waals surface area contributed by atoms with Gasteiger partial charge >= 0.3 is 0 Å². The molecule has 2 rings (SSSR count). The van der Waals surface area contributed by atoms with Crippen molar-refractivity contribution < 1.29 is 9.53 Å². The van der Waals surface area contributed by atoms with Crippen LogP contribution in [0.5, 0.6) is 0 Å². The number of nitrogens with zero attached hydrogens (tertiary/aromatic N) is 1. The van der Waals surface area contributed by atoms with Gasteiger partial charge in [0.2, 0.25) is 0 Å². The van der Waals surface area contributed by atoms with Gasteiger partial charge in [-0.25, -0.2) is 0 Å². The van der Waals surface area contributed by atoms with Crippen LogP contribution in [0.1, 0.15) is 23.2 Å². The third-order valence-electron chi connectivity index (χ3n) is 3.09. The van der Waals surface area contributed by atoms with Crippen molar-refractivity contribution in [1.29, 1.82) is 0 Å². The largest absolute Gasteiger partial charge is 0.379 e. The van der Waals surface area contributed by atoms with Crippen molar-refractivity contribution in [2.24, 2.45) is 5.92 Å². The predicted octanol–water partition coefficient (Wildman–Crippen LogP) is 2.36. The lowest BCUT2D eigenvalue weighted by molar-refractivity contribution is 0.112. The third kappa shape index (κ3) is 3.86. The van der Waals surface area contributed by atoms with E-state index in [9.17, 15) is 4.79 Å². The second-order valence-electron chi connectivity index (χ2n) is 4.65. The maximum Gasteiger partial charge on any atom is 0.150 e. The van der Waals surface area contributed by atoms with Crippen molar-refractivity contribution >= 4 is 12.0 Å². The summed E-state index contributed by atoms with van der Waals surface area (Å²) in [6, 6.07) is 7.60. The zero-order valence-electron chi connectivity index (χ0n) is 10.3. The molecule has 1 saturated carbocycles. The number of ether oxygens (including phenoxy) is 1. The van der Waals surface area contributed by atoms with Crippen LogP contribution in [0, 0.1) is 5.92 Å². The van der Waals surface area contributed by atoms with Crippen LogP contribution in [0.25, 0.3) is 0 Å². The molecular weight excluding hydrogens is 214 g/mol. The number of hydrogen-bond donors (Lipinski definition) is 0. The second-order valence-corrected chi connectivity index (χ2v) is 4.65. The summed E-state index contributed by atoms with van der Waals surface area (Å²) in [6.45, 7) is 2.56. The van der Waals surface area contributed by atoms with Gasteiger partial charge in [0, 0.05) is 31.5 Å². The summed E-state index contributed by atoms with van der Waals surface area (Å²) < 4.78 is 5.60. The van der Waals surface area contributed by atoms with E-state index in [-0.39, 0.29) is 0 Å². The maximum absolute atomic E-state index is 10.5. The summed E-state index contributed by atoms with van der Waals surface area (Å²) in [6.07, 6.45) is 3.54. The van der Waals surface area contributed by atoms with Crippen molar-refractivity contribution in [2.45, 2.75) is 12.8 Å². The van der Waals surface area contributed by atoms with Crippen molar-refractivity contribution in [3.05, 3.63) is 29.8 Å². The molecule has 1 fully saturated rings. The van der Waals surface area contributed by atoms with Gasteiger partial charge in [0.15, 0.2) is 0 Å². The number of carbonyl (C=O) groups excluding carboxylic acids is 1. The van der Waals surface area contributed by atoms with Gasteiger partial charge in [0.05, 0.1) is 6.61 Å². The van der Waals surface area contributed by atoms with E-state index in [0.717, 1.165) is 37.6 Å². The summed E-state index contributed by atoms with van der Waals surface area (Å²) in [5.74, 6) is 0.826. The molecule has 17 heavy (non-hydrogen) atoms. The first-order chi connectivity index (χ1) is 8.29. The Morgan fingerprint density at radius 2 is 2.06 bits per heavy atom. The fourth-order valence-electron chi connectivity index (χ4n) is 1.67. The highest BCUT2D eigenvalue weighted by Crippen LogP contribution is 2.28. The van der Waals surface area contributed by atoms with E-state index < -0.39 is 0 Å². The molecule has 0 bridgehead atoms. The van der Waals surface area contributed by atoms with Gasteiger partial charge in [-0.3, -0.25) is 4.79 Å². The molecule has 0 heterocycles. The average Bonchev–Trinajstić information content (AvgIpc) is 3.18. The highest BCUT2D eigenvalue weighted by molar-refractivity contribution is 5.75. The SMILES string of the molecule is CN(CCOCC1CC1)c1ccc(C=O)cc1. The van der Waals surface area contributed by atoms with E-state index >= 15 is 0 Å². The van der Waals surface area contributed by atoms with Crippen molar-refractivity contribution in [2.75, 3.05) is 31.7 Å². The molecule has 1 aromatic carbocycles. The van der Waals surface area contributed by atoms with E-state index in [1.165, 1.54) is 12.8 Å². The van der Waals surface area contributed by atoms with Crippen LogP contribution >= 0.6 is 0 Å². The Labute approximate surface area is 102 Å². The van der Waals surface area contributed by atoms with Gasteiger partial charge in [0.1, 0.15) is 6.29 Å². The molecule has 1 aromatic rings. The summed E-state index contributed by atoms with van der Waals surface area (Å²) in [5, 5.41) is 0. The molecule has 0 amide bonds. The first-order valence-corrected chi connectivity index (χ1v) is 6.13. The van der Waals surface area contributed by atoms with Crippen LogP contribution < -0.4 is 4.90 Å². The van der Waals surface area contributed by atoms with Crippen molar-refractivity contribution in [3.8, 4) is 0 Å². The second kappa shape index (κ2) is 5.82. The molecule has 3 heteroatoms. The van der Waals surface area contributed by atoms with E-state index in [1.54, 1.807) is 0 Å². The first kappa shape index (κ1) is 12.1. The zero-order chi connectivity index (χ0) is 12.1. The Balaban J connectivity index is 1.72. The summed E-state index contributed by atoms with van der Waals surface area (Å²) in [4.78, 5) is 12.7. The molecule has 0 N–H and O–H groups in total. The first-order valence-electron chi connectivity index (χ1n) is 6.13. The van der Waals surface area contributed by atoms with E-state index in [4.69, 9.17) is 4.74 Å². The van der Waals surface area contributed by atoms with Gasteiger partial charge in [-0.05, 0) is 43.0 Å². The highest BCUT2D eigenvalue weighted by Gasteiger charge is 2.20. The Hall–Kier alpha value is -1.35. The minimum Gasteiger partial charge on any atom is -0.379 e. The Bertz CT molecular complexity index is 357. The number of likely N-dealkylation sites (N-methyl/N-ethyl adjacent to an activating group) is 1. The summed E-state index contributed by atoms with van der Waals surface area (Å²) in [5.41, 5.74) is 1.83. The van der Waals surface area contributed by atoms with Crippen LogP contribution in [0.15, 0.2) is 24.3 Å². The van der Waals surface area contributed by atoms with Gasteiger partial charge in [-0.2, -0.15) is 0 Å². The van der Waals surface area contributed by atoms with Gasteiger partial charge in [0.25, 0.3) is 0 Å². The molecule has 0 aromatic heterocycles. The third-order valence-corrected chi connectivity index (χ3v) is 3.09. The van der Waals surface area contributed by atoms with Crippen LogP contribution in [0.4, 0.5) is 5.69 Å². The number of anilines is 1. The fourth-order valence-corrected chi connectivity index (χ4v) is 1.67. The standard InChI is InChI=1S/C14H19NO2/c1-15(8-9-17-11-13-2-3-13)14-6-4-12(10-16)5-7-14/h4-7,10,13H,2-3,8-9,11H2,1H3. The van der Waals surface area contributed by atoms with E-state index in [1.807, 2.05) is 31.3 Å². The van der Waals surface area contributed by atoms with Crippen LogP contribution in [0.3, 0.4) is 0 Å². The number of benzene rings is 1. The molecule has 1 aliphatic carbocycles. The zero-order valence-corrected chi connectivity index (χ0v) is 10.3. The maximum atomic E-state index is 10.5. The minimum absolute atomic E-state index is 0.715. The number of rotatable bonds is 7. The van der Waals surface area contributed by atoms with E-state index in [2.05, 4.69) is 4.90 Å².